The van der Waals surface area contributed by atoms with Gasteiger partial charge in [0.15, 0.2) is 6.10 Å². The van der Waals surface area contributed by atoms with Crippen LogP contribution in [0.25, 0.3) is 0 Å². The Balaban J connectivity index is 4.49. The van der Waals surface area contributed by atoms with Crippen LogP contribution < -0.4 is 0 Å². The molecule has 0 saturated heterocycles. The summed E-state index contributed by atoms with van der Waals surface area (Å²) in [5, 5.41) is 0. The van der Waals surface area contributed by atoms with E-state index in [1.165, 1.54) is 70.6 Å². The molecule has 0 aliphatic heterocycles. The second kappa shape index (κ2) is 49.7. The molecule has 0 N–H and O–H groups in total. The van der Waals surface area contributed by atoms with Gasteiger partial charge in [-0.3, -0.25) is 14.4 Å². The van der Waals surface area contributed by atoms with Gasteiger partial charge < -0.3 is 14.2 Å². The molecule has 0 aromatic carbocycles. The third kappa shape index (κ3) is 47.1. The smallest absolute Gasteiger partial charge is 0.309 e. The number of carbonyl (C=O) groups is 3. The first-order valence-corrected chi connectivity index (χ1v) is 24.9. The van der Waals surface area contributed by atoms with Crippen molar-refractivity contribution in [3.05, 3.63) is 109 Å². The second-order valence-electron chi connectivity index (χ2n) is 16.0. The number of hydrogen-bond donors (Lipinski definition) is 0. The van der Waals surface area contributed by atoms with Crippen LogP contribution in [0.5, 0.6) is 0 Å². The van der Waals surface area contributed by atoms with E-state index in [0.717, 1.165) is 89.9 Å². The number of hydrogen-bond acceptors (Lipinski definition) is 6. The van der Waals surface area contributed by atoms with Gasteiger partial charge >= 0.3 is 17.9 Å². The molecule has 0 heterocycles. The minimum absolute atomic E-state index is 0.118. The molecule has 6 heteroatoms. The maximum absolute atomic E-state index is 12.7. The van der Waals surface area contributed by atoms with E-state index < -0.39 is 18.0 Å². The molecule has 0 aliphatic rings. The van der Waals surface area contributed by atoms with Crippen molar-refractivity contribution in [2.45, 2.75) is 213 Å². The van der Waals surface area contributed by atoms with Crippen LogP contribution in [-0.2, 0) is 28.6 Å². The van der Waals surface area contributed by atoms with Gasteiger partial charge in [0.2, 0.25) is 0 Å². The minimum Gasteiger partial charge on any atom is -0.462 e. The molecule has 1 unspecified atom stereocenters. The molecular weight excluding hydrogens is 769 g/mol. The van der Waals surface area contributed by atoms with Crippen molar-refractivity contribution < 1.29 is 28.6 Å². The zero-order chi connectivity index (χ0) is 45.1. The molecule has 0 spiro atoms. The van der Waals surface area contributed by atoms with Gasteiger partial charge in [-0.25, -0.2) is 0 Å². The summed E-state index contributed by atoms with van der Waals surface area (Å²) < 4.78 is 16.6. The predicted molar refractivity (Wildman–Crippen MR) is 265 cm³/mol. The number of carbonyl (C=O) groups excluding carboxylic acids is 3. The van der Waals surface area contributed by atoms with E-state index in [4.69, 9.17) is 14.2 Å². The van der Waals surface area contributed by atoms with Crippen LogP contribution in [0.3, 0.4) is 0 Å². The Labute approximate surface area is 380 Å². The lowest BCUT2D eigenvalue weighted by Gasteiger charge is -2.18. The van der Waals surface area contributed by atoms with Crippen molar-refractivity contribution in [1.29, 1.82) is 0 Å². The van der Waals surface area contributed by atoms with Gasteiger partial charge in [-0.05, 0) is 96.3 Å². The summed E-state index contributed by atoms with van der Waals surface area (Å²) >= 11 is 0. The van der Waals surface area contributed by atoms with Crippen molar-refractivity contribution >= 4 is 17.9 Å². The third-order valence-electron chi connectivity index (χ3n) is 10.0. The van der Waals surface area contributed by atoms with Gasteiger partial charge in [0.1, 0.15) is 13.2 Å². The molecule has 0 aromatic heterocycles. The van der Waals surface area contributed by atoms with E-state index in [2.05, 4.69) is 118 Å². The first-order valence-electron chi connectivity index (χ1n) is 24.9. The molecule has 350 valence electrons. The summed E-state index contributed by atoms with van der Waals surface area (Å²) in [7, 11) is 0. The van der Waals surface area contributed by atoms with E-state index in [1.54, 1.807) is 6.08 Å². The molecule has 0 fully saturated rings. The highest BCUT2D eigenvalue weighted by Gasteiger charge is 2.19. The van der Waals surface area contributed by atoms with Gasteiger partial charge in [-0.2, -0.15) is 0 Å². The summed E-state index contributed by atoms with van der Waals surface area (Å²) in [4.78, 5) is 37.7. The van der Waals surface area contributed by atoms with Crippen LogP contribution in [-0.4, -0.2) is 37.2 Å². The molecule has 62 heavy (non-hydrogen) atoms. The number of unbranched alkanes of at least 4 members (excludes halogenated alkanes) is 15. The highest BCUT2D eigenvalue weighted by atomic mass is 16.6. The van der Waals surface area contributed by atoms with E-state index in [9.17, 15) is 14.4 Å². The Morgan fingerprint density at radius 1 is 0.355 bits per heavy atom. The Kier molecular flexibility index (Phi) is 46.6. The first kappa shape index (κ1) is 58.1. The van der Waals surface area contributed by atoms with Crippen molar-refractivity contribution in [3.8, 4) is 0 Å². The van der Waals surface area contributed by atoms with Crippen molar-refractivity contribution in [2.75, 3.05) is 13.2 Å². The minimum atomic E-state index is -0.847. The van der Waals surface area contributed by atoms with E-state index in [-0.39, 0.29) is 32.0 Å². The average Bonchev–Trinajstić information content (AvgIpc) is 3.27. The fraction of sp³-hybridized carbons (Fsp3) is 0.625. The molecule has 6 nitrogen and oxygen atoms in total. The molecule has 0 saturated carbocycles. The lowest BCUT2D eigenvalue weighted by Crippen LogP contribution is -2.30. The third-order valence-corrected chi connectivity index (χ3v) is 10.0. The normalized spacial score (nSPS) is 13.0. The van der Waals surface area contributed by atoms with Crippen LogP contribution in [0.1, 0.15) is 207 Å². The molecule has 0 bridgehead atoms. The molecule has 0 rings (SSSR count). The van der Waals surface area contributed by atoms with Crippen LogP contribution in [0.4, 0.5) is 0 Å². The topological polar surface area (TPSA) is 78.9 Å². The monoisotopic (exact) mass is 859 g/mol. The Hall–Kier alpha value is -3.93. The summed E-state index contributed by atoms with van der Waals surface area (Å²) in [6.45, 7) is 6.24. The number of rotatable bonds is 43. The molecule has 0 radical (unpaired) electrons. The Morgan fingerprint density at radius 3 is 1.19 bits per heavy atom. The van der Waals surface area contributed by atoms with Crippen LogP contribution in [0.15, 0.2) is 109 Å². The van der Waals surface area contributed by atoms with Crippen molar-refractivity contribution in [3.63, 3.8) is 0 Å². The molecule has 0 aromatic rings. The summed E-state index contributed by atoms with van der Waals surface area (Å²) in [6, 6.07) is 0. The predicted octanol–water partition coefficient (Wildman–Crippen LogP) is 16.4. The van der Waals surface area contributed by atoms with E-state index in [0.29, 0.717) is 12.8 Å². The van der Waals surface area contributed by atoms with Crippen LogP contribution in [0, 0.1) is 0 Å². The van der Waals surface area contributed by atoms with Gasteiger partial charge in [-0.15, -0.1) is 0 Å². The van der Waals surface area contributed by atoms with Crippen LogP contribution >= 0.6 is 0 Å². The van der Waals surface area contributed by atoms with E-state index >= 15 is 0 Å². The van der Waals surface area contributed by atoms with Gasteiger partial charge in [0.05, 0.1) is 6.42 Å². The SMILES string of the molecule is CC/C=C\C/C=C\C/C=C\C/C=C\C/C=C\CCCC(=O)OC(COC(=O)C/C=C\C/C=C\C/C=C\CC)COC(=O)CCCCCCC/C=C\CCCCCCCCCCC. The van der Waals surface area contributed by atoms with E-state index in [1.807, 2.05) is 6.08 Å². The van der Waals surface area contributed by atoms with Gasteiger partial charge in [-0.1, -0.05) is 201 Å². The second-order valence-corrected chi connectivity index (χ2v) is 16.0. The average molecular weight is 859 g/mol. The van der Waals surface area contributed by atoms with Gasteiger partial charge in [0, 0.05) is 12.8 Å². The lowest BCUT2D eigenvalue weighted by atomic mass is 10.1. The highest BCUT2D eigenvalue weighted by molar-refractivity contribution is 5.72. The maximum Gasteiger partial charge on any atom is 0.309 e. The van der Waals surface area contributed by atoms with Crippen molar-refractivity contribution in [2.24, 2.45) is 0 Å². The zero-order valence-electron chi connectivity index (χ0n) is 39.8. The molecule has 0 aliphatic carbocycles. The fourth-order valence-corrected chi connectivity index (χ4v) is 6.36. The number of esters is 3. The van der Waals surface area contributed by atoms with Crippen molar-refractivity contribution in [1.82, 2.24) is 0 Å². The quantitative estimate of drug-likeness (QED) is 0.0263. The first-order chi connectivity index (χ1) is 30.5. The lowest BCUT2D eigenvalue weighted by molar-refractivity contribution is -0.166. The van der Waals surface area contributed by atoms with Gasteiger partial charge in [0.25, 0.3) is 0 Å². The molecular formula is C56H90O6. The largest absolute Gasteiger partial charge is 0.462 e. The number of ether oxygens (including phenoxy) is 3. The number of allylic oxidation sites excluding steroid dienone is 17. The summed E-state index contributed by atoms with van der Waals surface area (Å²) in [6.07, 6.45) is 66.9. The fourth-order valence-electron chi connectivity index (χ4n) is 6.36. The standard InChI is InChI=1S/C56H90O6/c1-4-7-10-13-16-19-21-23-25-27-29-30-32-34-37-40-43-46-49-55(58)61-52-53(51-60-54(57)48-45-42-39-36-18-15-12-9-6-3)62-56(59)50-47-44-41-38-35-33-31-28-26-24-22-20-17-14-11-8-5-2/h8-9,11-12,17-18,20,24,26,29-31,33,36,38,41-42,45,53H,4-7,10,13-16,19,21-23,25,27-28,32,34-35,37,39-40,43-44,46-52H2,1-3H3/b11-8-,12-9-,20-17-,26-24-,30-29-,33-31-,36-18-,41-38-,45-42-. The Morgan fingerprint density at radius 2 is 0.710 bits per heavy atom. The van der Waals surface area contributed by atoms with Crippen LogP contribution in [0.2, 0.25) is 0 Å². The maximum atomic E-state index is 12.7. The summed E-state index contributed by atoms with van der Waals surface area (Å²) in [5.74, 6) is -1.14. The zero-order valence-corrected chi connectivity index (χ0v) is 39.8. The highest BCUT2D eigenvalue weighted by Crippen LogP contribution is 2.13. The Bertz CT molecular complexity index is 1310. The molecule has 1 atom stereocenters. The molecule has 0 amide bonds. The summed E-state index contributed by atoms with van der Waals surface area (Å²) in [5.41, 5.74) is 0.